The van der Waals surface area contributed by atoms with Gasteiger partial charge in [-0.2, -0.15) is 5.10 Å². The van der Waals surface area contributed by atoms with Crippen molar-refractivity contribution in [3.8, 4) is 0 Å². The number of anilines is 1. The van der Waals surface area contributed by atoms with Crippen molar-refractivity contribution in [2.24, 2.45) is 10.2 Å². The quantitative estimate of drug-likeness (QED) is 0.172. The highest BCUT2D eigenvalue weighted by atomic mass is 32.1. The van der Waals surface area contributed by atoms with Crippen LogP contribution in [0.4, 0.5) is 5.13 Å². The third kappa shape index (κ3) is 11.0. The molecule has 1 aliphatic heterocycles. The van der Waals surface area contributed by atoms with Crippen molar-refractivity contribution >= 4 is 46.9 Å². The number of carbonyl (C=O) groups is 2. The van der Waals surface area contributed by atoms with Gasteiger partial charge in [-0.25, -0.2) is 0 Å². The lowest BCUT2D eigenvalue weighted by Gasteiger charge is -2.13. The van der Waals surface area contributed by atoms with Crippen LogP contribution in [0.5, 0.6) is 0 Å². The van der Waals surface area contributed by atoms with Gasteiger partial charge in [-0.1, -0.05) is 65.9 Å². The van der Waals surface area contributed by atoms with E-state index >= 15 is 0 Å². The minimum absolute atomic E-state index is 0.0757. The minimum Gasteiger partial charge on any atom is -0.437 e. The highest BCUT2D eigenvalue weighted by molar-refractivity contribution is 7.15. The summed E-state index contributed by atoms with van der Waals surface area (Å²) in [6.07, 6.45) is 6.36. The topological polar surface area (TPSA) is 141 Å². The molecule has 214 valence electrons. The zero-order chi connectivity index (χ0) is 28.9. The average Bonchev–Trinajstić information content (AvgIpc) is 3.39. The molecule has 0 radical (unpaired) electrons. The summed E-state index contributed by atoms with van der Waals surface area (Å²) in [5.74, 6) is 0.419. The third-order valence-electron chi connectivity index (χ3n) is 6.48. The molecule has 0 fully saturated rings. The number of nitrogens with zero attached hydrogens (tertiary/aromatic N) is 4. The van der Waals surface area contributed by atoms with E-state index in [2.05, 4.69) is 36.3 Å². The summed E-state index contributed by atoms with van der Waals surface area (Å²) in [5, 5.41) is 36.3. The number of rotatable bonds is 14. The molecular formula is C29H36BN7O3S. The molecule has 0 aliphatic carbocycles. The van der Waals surface area contributed by atoms with Crippen LogP contribution in [-0.4, -0.2) is 52.2 Å². The molecule has 0 saturated heterocycles. The molecule has 12 heteroatoms. The first-order chi connectivity index (χ1) is 19.9. The molecule has 2 amide bonds. The van der Waals surface area contributed by atoms with E-state index in [9.17, 15) is 14.6 Å². The summed E-state index contributed by atoms with van der Waals surface area (Å²) in [6.45, 7) is 2.36. The Morgan fingerprint density at radius 3 is 2.37 bits per heavy atom. The van der Waals surface area contributed by atoms with Crippen molar-refractivity contribution in [3.05, 3.63) is 76.3 Å². The number of aromatic nitrogens is 2. The highest BCUT2D eigenvalue weighted by Gasteiger charge is 2.14. The SMILES string of the molecule is CB(O)NCCc1cccc(CC(=O)Nc2nnc(CCCCC3=NN=C(NC(=O)Cc4ccccc4)CC3)s2)c1. The van der Waals surface area contributed by atoms with Crippen LogP contribution in [0.15, 0.2) is 64.8 Å². The molecule has 0 spiro atoms. The standard InChI is InChI=1S/C29H36BN7O3S/c1-30(40)31-17-16-22-10-7-11-23(18-22)20-27(39)33-29-37-36-28(41-29)13-6-5-12-24-14-15-25(35-34-24)32-26(38)19-21-8-3-2-4-9-21/h2-4,7-11,18,31,40H,5-6,12-17,19-20H2,1H3,(H,32,35,38)(H,33,37,39). The Morgan fingerprint density at radius 2 is 1.59 bits per heavy atom. The molecule has 4 N–H and O–H groups in total. The smallest absolute Gasteiger partial charge is 0.373 e. The van der Waals surface area contributed by atoms with Crippen molar-refractivity contribution in [1.82, 2.24) is 20.7 Å². The largest absolute Gasteiger partial charge is 0.437 e. The van der Waals surface area contributed by atoms with Crippen molar-refractivity contribution < 1.29 is 14.6 Å². The lowest BCUT2D eigenvalue weighted by molar-refractivity contribution is -0.119. The van der Waals surface area contributed by atoms with Gasteiger partial charge < -0.3 is 20.9 Å². The fourth-order valence-electron chi connectivity index (χ4n) is 4.42. The first-order valence-corrected chi connectivity index (χ1v) is 14.8. The van der Waals surface area contributed by atoms with Gasteiger partial charge in [0.2, 0.25) is 16.9 Å². The van der Waals surface area contributed by atoms with Gasteiger partial charge >= 0.3 is 7.05 Å². The number of hydrogen-bond donors (Lipinski definition) is 4. The van der Waals surface area contributed by atoms with Gasteiger partial charge in [0.15, 0.2) is 0 Å². The van der Waals surface area contributed by atoms with E-state index in [1.165, 1.54) is 11.3 Å². The van der Waals surface area contributed by atoms with Crippen LogP contribution in [0.25, 0.3) is 0 Å². The van der Waals surface area contributed by atoms with Crippen molar-refractivity contribution in [3.63, 3.8) is 0 Å². The fourth-order valence-corrected chi connectivity index (χ4v) is 5.22. The van der Waals surface area contributed by atoms with Gasteiger partial charge in [0, 0.05) is 18.6 Å². The molecule has 1 aliphatic rings. The van der Waals surface area contributed by atoms with Crippen molar-refractivity contribution in [2.45, 2.75) is 64.6 Å². The molecule has 2 heterocycles. The van der Waals surface area contributed by atoms with Crippen LogP contribution < -0.4 is 15.9 Å². The normalized spacial score (nSPS) is 12.8. The first kappa shape index (κ1) is 30.2. The number of amides is 2. The highest BCUT2D eigenvalue weighted by Crippen LogP contribution is 2.19. The van der Waals surface area contributed by atoms with Crippen LogP contribution in [-0.2, 0) is 35.3 Å². The zero-order valence-corrected chi connectivity index (χ0v) is 24.1. The monoisotopic (exact) mass is 573 g/mol. The summed E-state index contributed by atoms with van der Waals surface area (Å²) in [5.41, 5.74) is 4.05. The maximum Gasteiger partial charge on any atom is 0.373 e. The van der Waals surface area contributed by atoms with E-state index in [1.807, 2.05) is 54.6 Å². The lowest BCUT2D eigenvalue weighted by Crippen LogP contribution is -2.33. The fraction of sp³-hybridized carbons (Fsp3) is 0.379. The molecule has 4 rings (SSSR count). The number of aryl methyl sites for hydroxylation is 1. The number of nitrogens with one attached hydrogen (secondary N) is 3. The molecule has 0 bridgehead atoms. The molecule has 3 aromatic rings. The Hall–Kier alpha value is -3.74. The second kappa shape index (κ2) is 15.9. The van der Waals surface area contributed by atoms with Crippen LogP contribution in [0.1, 0.15) is 53.8 Å². The van der Waals surface area contributed by atoms with Crippen molar-refractivity contribution in [1.29, 1.82) is 0 Å². The summed E-state index contributed by atoms with van der Waals surface area (Å²) < 4.78 is 0. The van der Waals surface area contributed by atoms with Crippen LogP contribution in [0.3, 0.4) is 0 Å². The van der Waals surface area contributed by atoms with Gasteiger partial charge in [0.25, 0.3) is 0 Å². The molecule has 2 aromatic carbocycles. The average molecular weight is 574 g/mol. The second-order valence-corrected chi connectivity index (χ2v) is 11.1. The molecule has 0 atom stereocenters. The van der Waals surface area contributed by atoms with E-state index in [1.54, 1.807) is 6.82 Å². The van der Waals surface area contributed by atoms with Gasteiger partial charge in [0.05, 0.1) is 12.8 Å². The maximum absolute atomic E-state index is 12.5. The predicted molar refractivity (Wildman–Crippen MR) is 164 cm³/mol. The Labute approximate surface area is 244 Å². The Morgan fingerprint density at radius 1 is 0.854 bits per heavy atom. The van der Waals surface area contributed by atoms with Crippen molar-refractivity contribution in [2.75, 3.05) is 11.9 Å². The van der Waals surface area contributed by atoms with Crippen LogP contribution >= 0.6 is 11.3 Å². The summed E-state index contributed by atoms with van der Waals surface area (Å²) in [7, 11) is -0.539. The number of benzene rings is 2. The second-order valence-electron chi connectivity index (χ2n) is 10.1. The predicted octanol–water partition coefficient (Wildman–Crippen LogP) is 3.58. The molecular weight excluding hydrogens is 537 g/mol. The zero-order valence-electron chi connectivity index (χ0n) is 23.3. The summed E-state index contributed by atoms with van der Waals surface area (Å²) in [6, 6.07) is 17.5. The summed E-state index contributed by atoms with van der Waals surface area (Å²) >= 11 is 1.40. The van der Waals surface area contributed by atoms with Gasteiger partial charge in [-0.05, 0) is 62.2 Å². The molecule has 0 unspecified atom stereocenters. The van der Waals surface area contributed by atoms with E-state index < -0.39 is 7.05 Å². The molecule has 10 nitrogen and oxygen atoms in total. The van der Waals surface area contributed by atoms with Crippen LogP contribution in [0, 0.1) is 0 Å². The molecule has 0 saturated carbocycles. The number of amidine groups is 1. The Bertz CT molecular complexity index is 1360. The third-order valence-corrected chi connectivity index (χ3v) is 7.38. The molecule has 1 aromatic heterocycles. The van der Waals surface area contributed by atoms with Gasteiger partial charge in [0.1, 0.15) is 10.8 Å². The molecule has 41 heavy (non-hydrogen) atoms. The van der Waals surface area contributed by atoms with E-state index in [4.69, 9.17) is 0 Å². The lowest BCUT2D eigenvalue weighted by atomic mass is 9.88. The maximum atomic E-state index is 12.5. The Kier molecular flexibility index (Phi) is 11.7. The summed E-state index contributed by atoms with van der Waals surface area (Å²) in [4.78, 5) is 24.8. The Balaban J connectivity index is 1.13. The van der Waals surface area contributed by atoms with E-state index in [-0.39, 0.29) is 18.2 Å². The van der Waals surface area contributed by atoms with Gasteiger partial charge in [-0.3, -0.25) is 9.59 Å². The minimum atomic E-state index is -0.539. The number of unbranched alkanes of at least 4 members (excludes halogenated alkanes) is 1. The number of carbonyl (C=O) groups excluding carboxylic acids is 2. The number of hydrogen-bond acceptors (Lipinski definition) is 9. The van der Waals surface area contributed by atoms with Gasteiger partial charge in [-0.15, -0.1) is 15.3 Å². The first-order valence-electron chi connectivity index (χ1n) is 14.0. The van der Waals surface area contributed by atoms with E-state index in [0.29, 0.717) is 30.4 Å². The van der Waals surface area contributed by atoms with Crippen LogP contribution in [0.2, 0.25) is 6.82 Å². The van der Waals surface area contributed by atoms with E-state index in [0.717, 1.165) is 65.9 Å².